The zero-order chi connectivity index (χ0) is 23.1. The third-order valence-corrected chi connectivity index (χ3v) is 7.08. The van der Waals surface area contributed by atoms with Gasteiger partial charge in [0.25, 0.3) is 5.91 Å². The van der Waals surface area contributed by atoms with E-state index in [0.29, 0.717) is 17.9 Å². The molecule has 2 aliphatic heterocycles. The zero-order valence-electron chi connectivity index (χ0n) is 18.4. The molecule has 4 rings (SSSR count). The first-order valence-electron chi connectivity index (χ1n) is 11.2. The number of alkyl halides is 3. The Balaban J connectivity index is 1.28. The molecule has 1 aromatic carbocycles. The average molecular weight is 454 g/mol. The highest BCUT2D eigenvalue weighted by atomic mass is 19.4. The van der Waals surface area contributed by atoms with Crippen LogP contribution in [0.3, 0.4) is 0 Å². The van der Waals surface area contributed by atoms with Crippen molar-refractivity contribution in [1.29, 1.82) is 0 Å². The Kier molecular flexibility index (Phi) is 6.13. The minimum atomic E-state index is -4.39. The molecule has 2 N–H and O–H groups in total. The second kappa shape index (κ2) is 8.57. The van der Waals surface area contributed by atoms with Gasteiger partial charge in [0.1, 0.15) is 11.3 Å². The van der Waals surface area contributed by atoms with Gasteiger partial charge in [-0.05, 0) is 75.1 Å². The molecule has 3 atom stereocenters. The number of piperidine rings is 1. The predicted molar refractivity (Wildman–Crippen MR) is 112 cm³/mol. The molecule has 0 aromatic heterocycles. The van der Waals surface area contributed by atoms with Gasteiger partial charge in [0, 0.05) is 24.2 Å². The maximum Gasteiger partial charge on any atom is 0.411 e. The van der Waals surface area contributed by atoms with Gasteiger partial charge in [0.2, 0.25) is 5.91 Å². The summed E-state index contributed by atoms with van der Waals surface area (Å²) in [5.41, 5.74) is -0.514. The molecule has 2 heterocycles. The number of methoxy groups -OCH3 is 1. The van der Waals surface area contributed by atoms with E-state index < -0.39 is 17.6 Å². The van der Waals surface area contributed by atoms with E-state index in [-0.39, 0.29) is 43.3 Å². The maximum absolute atomic E-state index is 13.1. The van der Waals surface area contributed by atoms with Crippen molar-refractivity contribution in [3.63, 3.8) is 0 Å². The zero-order valence-corrected chi connectivity index (χ0v) is 18.4. The molecule has 1 aromatic rings. The number of rotatable bonds is 7. The number of ether oxygens (including phenoxy) is 1. The molecule has 2 amide bonds. The summed E-state index contributed by atoms with van der Waals surface area (Å²) in [5.74, 6) is 0.227. The number of nitrogens with one attached hydrogen (secondary N) is 2. The van der Waals surface area contributed by atoms with Crippen molar-refractivity contribution in [3.8, 4) is 5.75 Å². The molecule has 2 saturated heterocycles. The van der Waals surface area contributed by atoms with Gasteiger partial charge in [-0.15, -0.1) is 0 Å². The highest BCUT2D eigenvalue weighted by molar-refractivity contribution is 5.94. The molecule has 176 valence electrons. The fraction of sp³-hybridized carbons (Fsp3) is 0.652. The van der Waals surface area contributed by atoms with Crippen molar-refractivity contribution in [2.75, 3.05) is 20.2 Å². The molecular formula is C23H30F3N3O3. The van der Waals surface area contributed by atoms with E-state index in [1.807, 2.05) is 19.1 Å². The summed E-state index contributed by atoms with van der Waals surface area (Å²) in [5, 5.41) is 5.24. The Bertz CT molecular complexity index is 871. The summed E-state index contributed by atoms with van der Waals surface area (Å²) in [6, 6.07) is 5.72. The molecule has 2 bridgehead atoms. The Morgan fingerprint density at radius 2 is 1.81 bits per heavy atom. The topological polar surface area (TPSA) is 70.7 Å². The summed E-state index contributed by atoms with van der Waals surface area (Å²) in [6.45, 7) is 2.46. The Hall–Kier alpha value is -2.29. The third-order valence-electron chi connectivity index (χ3n) is 7.08. The number of amides is 2. The molecule has 0 spiro atoms. The number of carbonyl (C=O) groups is 2. The van der Waals surface area contributed by atoms with E-state index in [1.54, 1.807) is 13.2 Å². The number of nitrogens with zero attached hydrogens (tertiary/aromatic N) is 1. The van der Waals surface area contributed by atoms with E-state index >= 15 is 0 Å². The van der Waals surface area contributed by atoms with Gasteiger partial charge in [-0.2, -0.15) is 13.2 Å². The normalized spacial score (nSPS) is 26.5. The van der Waals surface area contributed by atoms with Crippen molar-refractivity contribution in [1.82, 2.24) is 15.5 Å². The highest BCUT2D eigenvalue weighted by Crippen LogP contribution is 2.49. The monoisotopic (exact) mass is 453 g/mol. The lowest BCUT2D eigenvalue weighted by molar-refractivity contribution is -0.170. The predicted octanol–water partition coefficient (Wildman–Crippen LogP) is 3.19. The first kappa shape index (κ1) is 22.9. The first-order valence-corrected chi connectivity index (χ1v) is 11.2. The number of aryl methyl sites for hydroxylation is 1. The number of hydrogen-bond donors (Lipinski definition) is 2. The number of fused-ring (bicyclic) bond motifs is 2. The van der Waals surface area contributed by atoms with Crippen LogP contribution in [0.1, 0.15) is 54.4 Å². The molecule has 3 aliphatic rings. The molecule has 1 aliphatic carbocycles. The smallest absolute Gasteiger partial charge is 0.411 e. The molecule has 32 heavy (non-hydrogen) atoms. The second-order valence-electron chi connectivity index (χ2n) is 9.47. The Morgan fingerprint density at radius 1 is 1.16 bits per heavy atom. The van der Waals surface area contributed by atoms with Crippen molar-refractivity contribution >= 4 is 11.8 Å². The summed E-state index contributed by atoms with van der Waals surface area (Å²) in [7, 11) is 1.56. The third kappa shape index (κ3) is 4.72. The van der Waals surface area contributed by atoms with Crippen LogP contribution in [0.2, 0.25) is 0 Å². The number of halogens is 3. The minimum Gasteiger partial charge on any atom is -0.497 e. The van der Waals surface area contributed by atoms with Gasteiger partial charge < -0.3 is 15.4 Å². The maximum atomic E-state index is 13.1. The minimum absolute atomic E-state index is 0.00926. The van der Waals surface area contributed by atoms with Crippen LogP contribution in [-0.4, -0.2) is 60.7 Å². The van der Waals surface area contributed by atoms with E-state index in [9.17, 15) is 22.8 Å². The fourth-order valence-corrected chi connectivity index (χ4v) is 5.22. The lowest BCUT2D eigenvalue weighted by Gasteiger charge is -2.39. The molecule has 3 fully saturated rings. The standard InChI is InChI=1S/C23H30F3N3O3/c1-14-7-16(11-19(8-14)32-2)21(31)27-12-15-9-17-3-4-18(10-15)29(17)13-20(30)28-22(5-6-22)23(24,25)26/h7-8,11,15,17-18H,3-6,9-10,12-13H2,1-2H3,(H,27,31)(H,28,30)/t15?,17-,18?/m1/s1. The highest BCUT2D eigenvalue weighted by Gasteiger charge is 2.64. The first-order chi connectivity index (χ1) is 15.1. The van der Waals surface area contributed by atoms with Crippen LogP contribution in [0.15, 0.2) is 18.2 Å². The molecule has 2 unspecified atom stereocenters. The quantitative estimate of drug-likeness (QED) is 0.665. The summed E-state index contributed by atoms with van der Waals surface area (Å²) in [4.78, 5) is 27.0. The van der Waals surface area contributed by atoms with Crippen LogP contribution in [-0.2, 0) is 4.79 Å². The summed E-state index contributed by atoms with van der Waals surface area (Å²) < 4.78 is 44.6. The van der Waals surface area contributed by atoms with Crippen molar-refractivity contribution in [2.45, 2.75) is 69.2 Å². The molecule has 6 nitrogen and oxygen atoms in total. The largest absolute Gasteiger partial charge is 0.497 e. The van der Waals surface area contributed by atoms with Crippen molar-refractivity contribution < 1.29 is 27.5 Å². The van der Waals surface area contributed by atoms with Gasteiger partial charge >= 0.3 is 6.18 Å². The molecule has 9 heteroatoms. The number of carbonyl (C=O) groups excluding carboxylic acids is 2. The summed E-state index contributed by atoms with van der Waals surface area (Å²) >= 11 is 0. The van der Waals surface area contributed by atoms with Gasteiger partial charge in [0.05, 0.1) is 13.7 Å². The molecule has 0 radical (unpaired) electrons. The van der Waals surface area contributed by atoms with Crippen LogP contribution in [0, 0.1) is 12.8 Å². The van der Waals surface area contributed by atoms with Crippen LogP contribution in [0.4, 0.5) is 13.2 Å². The number of hydrogen-bond acceptors (Lipinski definition) is 4. The fourth-order valence-electron chi connectivity index (χ4n) is 5.22. The van der Waals surface area contributed by atoms with E-state index in [0.717, 1.165) is 31.2 Å². The van der Waals surface area contributed by atoms with E-state index in [1.165, 1.54) is 0 Å². The Morgan fingerprint density at radius 3 is 2.38 bits per heavy atom. The molecular weight excluding hydrogens is 423 g/mol. The van der Waals surface area contributed by atoms with Gasteiger partial charge in [0.15, 0.2) is 0 Å². The van der Waals surface area contributed by atoms with Gasteiger partial charge in [-0.3, -0.25) is 14.5 Å². The van der Waals surface area contributed by atoms with Gasteiger partial charge in [-0.25, -0.2) is 0 Å². The molecule has 1 saturated carbocycles. The second-order valence-corrected chi connectivity index (χ2v) is 9.47. The van der Waals surface area contributed by atoms with Crippen LogP contribution < -0.4 is 15.4 Å². The van der Waals surface area contributed by atoms with Crippen molar-refractivity contribution in [3.05, 3.63) is 29.3 Å². The van der Waals surface area contributed by atoms with E-state index in [2.05, 4.69) is 15.5 Å². The lowest BCUT2D eigenvalue weighted by atomic mass is 9.90. The summed E-state index contributed by atoms with van der Waals surface area (Å²) in [6.07, 6.45) is -0.956. The van der Waals surface area contributed by atoms with E-state index in [4.69, 9.17) is 4.74 Å². The van der Waals surface area contributed by atoms with Crippen LogP contribution in [0.5, 0.6) is 5.75 Å². The van der Waals surface area contributed by atoms with Gasteiger partial charge in [-0.1, -0.05) is 0 Å². The van der Waals surface area contributed by atoms with Crippen molar-refractivity contribution in [2.24, 2.45) is 5.92 Å². The lowest BCUT2D eigenvalue weighted by Crippen LogP contribution is -2.54. The van der Waals surface area contributed by atoms with Crippen LogP contribution in [0.25, 0.3) is 0 Å². The average Bonchev–Trinajstić information content (AvgIpc) is 3.48. The Labute approximate surface area is 185 Å². The van der Waals surface area contributed by atoms with Crippen LogP contribution >= 0.6 is 0 Å². The number of benzene rings is 1. The SMILES string of the molecule is COc1cc(C)cc(C(=O)NCC2CC3CC[C@H](C2)N3CC(=O)NC2(C(F)(F)F)CC2)c1.